The van der Waals surface area contributed by atoms with Gasteiger partial charge in [0, 0.05) is 45.0 Å². The van der Waals surface area contributed by atoms with Crippen LogP contribution in [-0.2, 0) is 4.74 Å². The van der Waals surface area contributed by atoms with Crippen LogP contribution in [0.5, 0.6) is 0 Å². The molecule has 0 spiro atoms. The maximum absolute atomic E-state index is 13.6. The van der Waals surface area contributed by atoms with E-state index in [4.69, 9.17) is 4.74 Å². The van der Waals surface area contributed by atoms with Gasteiger partial charge in [0.2, 0.25) is 0 Å². The van der Waals surface area contributed by atoms with Crippen LogP contribution < -0.4 is 10.2 Å². The molecule has 2 heterocycles. The highest BCUT2D eigenvalue weighted by atomic mass is 19.2. The second-order valence-electron chi connectivity index (χ2n) is 8.29. The first kappa shape index (κ1) is 21.6. The summed E-state index contributed by atoms with van der Waals surface area (Å²) in [5.74, 6) is -0.305. The van der Waals surface area contributed by atoms with E-state index < -0.39 is 11.6 Å². The molecule has 166 valence electrons. The van der Waals surface area contributed by atoms with Crippen LogP contribution in [0, 0.1) is 24.5 Å². The van der Waals surface area contributed by atoms with Gasteiger partial charge >= 0.3 is 0 Å². The smallest absolute Gasteiger partial charge is 0.193 e. The molecule has 2 fully saturated rings. The van der Waals surface area contributed by atoms with Crippen molar-refractivity contribution in [2.45, 2.75) is 19.4 Å². The molecular formula is C24H30F2N4O. The summed E-state index contributed by atoms with van der Waals surface area (Å²) in [6.45, 7) is 6.77. The lowest BCUT2D eigenvalue weighted by Crippen LogP contribution is -2.49. The fourth-order valence-electron chi connectivity index (χ4n) is 4.46. The number of guanidine groups is 1. The van der Waals surface area contributed by atoms with E-state index in [1.54, 1.807) is 6.07 Å². The van der Waals surface area contributed by atoms with Crippen molar-refractivity contribution in [3.8, 4) is 0 Å². The van der Waals surface area contributed by atoms with Crippen molar-refractivity contribution in [1.82, 2.24) is 10.2 Å². The summed E-state index contributed by atoms with van der Waals surface area (Å²) >= 11 is 0. The Morgan fingerprint density at radius 1 is 1.13 bits per heavy atom. The number of hydrogen-bond acceptors (Lipinski definition) is 3. The van der Waals surface area contributed by atoms with Crippen molar-refractivity contribution < 1.29 is 13.5 Å². The Morgan fingerprint density at radius 2 is 1.97 bits per heavy atom. The molecule has 2 aliphatic heterocycles. The van der Waals surface area contributed by atoms with Gasteiger partial charge in [-0.2, -0.15) is 0 Å². The van der Waals surface area contributed by atoms with Crippen LogP contribution in [0.2, 0.25) is 0 Å². The maximum Gasteiger partial charge on any atom is 0.193 e. The summed E-state index contributed by atoms with van der Waals surface area (Å²) in [4.78, 5) is 8.86. The van der Waals surface area contributed by atoms with Gasteiger partial charge in [-0.05, 0) is 42.5 Å². The molecule has 2 aliphatic rings. The van der Waals surface area contributed by atoms with Crippen molar-refractivity contribution in [3.63, 3.8) is 0 Å². The van der Waals surface area contributed by atoms with Gasteiger partial charge in [0.05, 0.1) is 13.2 Å². The molecule has 2 atom stereocenters. The second-order valence-corrected chi connectivity index (χ2v) is 8.29. The second kappa shape index (κ2) is 9.64. The lowest BCUT2D eigenvalue weighted by Gasteiger charge is -2.36. The minimum Gasteiger partial charge on any atom is -0.371 e. The molecule has 0 aliphatic carbocycles. The van der Waals surface area contributed by atoms with E-state index >= 15 is 0 Å². The lowest BCUT2D eigenvalue weighted by molar-refractivity contribution is -0.00835. The van der Waals surface area contributed by atoms with Crippen LogP contribution >= 0.6 is 0 Å². The number of aryl methyl sites for hydroxylation is 1. The molecule has 0 amide bonds. The first-order valence-electron chi connectivity index (χ1n) is 10.9. The van der Waals surface area contributed by atoms with Crippen LogP contribution in [0.1, 0.15) is 23.7 Å². The van der Waals surface area contributed by atoms with E-state index in [1.165, 1.54) is 23.3 Å². The molecule has 2 unspecified atom stereocenters. The molecule has 31 heavy (non-hydrogen) atoms. The summed E-state index contributed by atoms with van der Waals surface area (Å²) in [5.41, 5.74) is 3.20. The molecule has 5 nitrogen and oxygen atoms in total. The maximum atomic E-state index is 13.6. The van der Waals surface area contributed by atoms with Gasteiger partial charge < -0.3 is 19.9 Å². The molecular weight excluding hydrogens is 398 g/mol. The predicted molar refractivity (Wildman–Crippen MR) is 119 cm³/mol. The van der Waals surface area contributed by atoms with Crippen molar-refractivity contribution in [2.75, 3.05) is 51.3 Å². The average Bonchev–Trinajstić information content (AvgIpc) is 3.26. The molecule has 2 saturated heterocycles. The molecule has 1 N–H and O–H groups in total. The summed E-state index contributed by atoms with van der Waals surface area (Å²) < 4.78 is 32.8. The molecule has 4 rings (SSSR count). The van der Waals surface area contributed by atoms with E-state index in [0.717, 1.165) is 50.8 Å². The first-order chi connectivity index (χ1) is 15.0. The van der Waals surface area contributed by atoms with Gasteiger partial charge in [0.15, 0.2) is 17.6 Å². The molecule has 0 bridgehead atoms. The van der Waals surface area contributed by atoms with E-state index in [1.807, 2.05) is 13.1 Å². The molecule has 0 radical (unpaired) electrons. The zero-order chi connectivity index (χ0) is 21.8. The van der Waals surface area contributed by atoms with E-state index in [0.29, 0.717) is 12.5 Å². The molecule has 7 heteroatoms. The molecule has 0 saturated carbocycles. The third-order valence-corrected chi connectivity index (χ3v) is 6.22. The highest BCUT2D eigenvalue weighted by Crippen LogP contribution is 2.26. The Morgan fingerprint density at radius 3 is 2.74 bits per heavy atom. The van der Waals surface area contributed by atoms with Gasteiger partial charge in [0.25, 0.3) is 0 Å². The van der Waals surface area contributed by atoms with Gasteiger partial charge in [-0.3, -0.25) is 4.99 Å². The third kappa shape index (κ3) is 4.98. The van der Waals surface area contributed by atoms with E-state index in [-0.39, 0.29) is 6.10 Å². The topological polar surface area (TPSA) is 40.1 Å². The van der Waals surface area contributed by atoms with Crippen molar-refractivity contribution >= 4 is 11.6 Å². The fraction of sp³-hybridized carbons (Fsp3) is 0.458. The molecule has 2 aromatic carbocycles. The van der Waals surface area contributed by atoms with Crippen molar-refractivity contribution in [2.24, 2.45) is 10.9 Å². The number of hydrogen-bond donors (Lipinski definition) is 1. The standard InChI is InChI=1S/C24H30F2N4O/c1-17-5-3-4-6-20(17)23-16-30(11-12-31-23)24(27-2)28-14-18-9-10-29(15-18)19-7-8-21(25)22(26)13-19/h3-8,13,18,23H,9-12,14-16H2,1-2H3,(H,27,28). The van der Waals surface area contributed by atoms with Crippen LogP contribution in [0.15, 0.2) is 47.5 Å². The zero-order valence-electron chi connectivity index (χ0n) is 18.2. The number of aliphatic imine (C=N–C) groups is 1. The van der Waals surface area contributed by atoms with Gasteiger partial charge in [-0.1, -0.05) is 24.3 Å². The Balaban J connectivity index is 1.32. The van der Waals surface area contributed by atoms with Gasteiger partial charge in [-0.25, -0.2) is 8.78 Å². The Labute approximate surface area is 182 Å². The average molecular weight is 429 g/mol. The quantitative estimate of drug-likeness (QED) is 0.595. The lowest BCUT2D eigenvalue weighted by atomic mass is 10.0. The zero-order valence-corrected chi connectivity index (χ0v) is 18.2. The first-order valence-corrected chi connectivity index (χ1v) is 10.9. The fourth-order valence-corrected chi connectivity index (χ4v) is 4.46. The minimum atomic E-state index is -0.806. The Kier molecular flexibility index (Phi) is 6.70. The molecule has 2 aromatic rings. The number of halogens is 2. The number of anilines is 1. The number of rotatable bonds is 4. The Bertz CT molecular complexity index is 936. The number of morpholine rings is 1. The monoisotopic (exact) mass is 428 g/mol. The largest absolute Gasteiger partial charge is 0.371 e. The number of benzene rings is 2. The summed E-state index contributed by atoms with van der Waals surface area (Å²) in [6, 6.07) is 12.5. The van der Waals surface area contributed by atoms with Crippen LogP contribution in [0.3, 0.4) is 0 Å². The summed E-state index contributed by atoms with van der Waals surface area (Å²) in [5, 5.41) is 3.52. The number of nitrogens with zero attached hydrogens (tertiary/aromatic N) is 3. The molecule has 0 aromatic heterocycles. The van der Waals surface area contributed by atoms with Gasteiger partial charge in [0.1, 0.15) is 6.10 Å². The number of nitrogens with one attached hydrogen (secondary N) is 1. The van der Waals surface area contributed by atoms with Crippen molar-refractivity contribution in [3.05, 3.63) is 65.2 Å². The highest BCUT2D eigenvalue weighted by molar-refractivity contribution is 5.80. The van der Waals surface area contributed by atoms with Crippen molar-refractivity contribution in [1.29, 1.82) is 0 Å². The highest BCUT2D eigenvalue weighted by Gasteiger charge is 2.27. The number of ether oxygens (including phenoxy) is 1. The Hall–Kier alpha value is -2.67. The predicted octanol–water partition coefficient (Wildman–Crippen LogP) is 3.75. The van der Waals surface area contributed by atoms with Gasteiger partial charge in [-0.15, -0.1) is 0 Å². The SMILES string of the molecule is CN=C(NCC1CCN(c2ccc(F)c(F)c2)C1)N1CCOC(c2ccccc2C)C1. The van der Waals surface area contributed by atoms with E-state index in [9.17, 15) is 8.78 Å². The van der Waals surface area contributed by atoms with Crippen LogP contribution in [0.25, 0.3) is 0 Å². The van der Waals surface area contributed by atoms with Crippen LogP contribution in [0.4, 0.5) is 14.5 Å². The normalized spacial score (nSPS) is 22.1. The van der Waals surface area contributed by atoms with E-state index in [2.05, 4.69) is 45.2 Å². The van der Waals surface area contributed by atoms with Crippen LogP contribution in [-0.4, -0.2) is 57.2 Å². The summed E-state index contributed by atoms with van der Waals surface area (Å²) in [6.07, 6.45) is 1.03. The third-order valence-electron chi connectivity index (χ3n) is 6.22. The minimum absolute atomic E-state index is 0.0313. The summed E-state index contributed by atoms with van der Waals surface area (Å²) in [7, 11) is 1.81.